The quantitative estimate of drug-likeness (QED) is 0.862. The van der Waals surface area contributed by atoms with Crippen molar-refractivity contribution >= 4 is 24.0 Å². The molecule has 1 fully saturated rings. The molecule has 1 amide bonds. The van der Waals surface area contributed by atoms with E-state index in [4.69, 9.17) is 0 Å². The number of hydrogen-bond acceptors (Lipinski definition) is 2. The van der Waals surface area contributed by atoms with Crippen LogP contribution >= 0.6 is 12.4 Å². The highest BCUT2D eigenvalue weighted by Gasteiger charge is 2.44. The molecule has 0 aromatic heterocycles. The Hall–Kier alpha value is -1.27. The molecular weight excluding hydrogens is 293 g/mol. The van der Waals surface area contributed by atoms with Crippen LogP contribution in [0, 0.1) is 5.82 Å². The Bertz CT molecular complexity index is 538. The third kappa shape index (κ3) is 2.62. The molecule has 1 saturated heterocycles. The van der Waals surface area contributed by atoms with E-state index in [1.54, 1.807) is 6.07 Å². The van der Waals surface area contributed by atoms with Crippen molar-refractivity contribution in [2.45, 2.75) is 24.8 Å². The lowest BCUT2D eigenvalue weighted by Gasteiger charge is -2.21. The molecule has 0 radical (unpaired) electrons. The molecule has 3 rings (SSSR count). The fourth-order valence-electron chi connectivity index (χ4n) is 2.66. The van der Waals surface area contributed by atoms with Crippen LogP contribution in [0.25, 0.3) is 0 Å². The molecule has 2 aliphatic rings. The third-order valence-corrected chi connectivity index (χ3v) is 3.62. The van der Waals surface area contributed by atoms with Gasteiger partial charge in [-0.05, 0) is 24.1 Å². The average Bonchev–Trinajstić information content (AvgIpc) is 2.91. The van der Waals surface area contributed by atoms with Gasteiger partial charge in [-0.2, -0.15) is 0 Å². The summed E-state index contributed by atoms with van der Waals surface area (Å²) in [4.78, 5) is 13.6. The zero-order chi connectivity index (χ0) is 13.6. The molecule has 2 heterocycles. The van der Waals surface area contributed by atoms with E-state index in [2.05, 4.69) is 5.32 Å². The molecule has 20 heavy (non-hydrogen) atoms. The topological polar surface area (TPSA) is 32.3 Å². The zero-order valence-electron chi connectivity index (χ0n) is 10.5. The molecule has 1 atom stereocenters. The van der Waals surface area contributed by atoms with E-state index in [9.17, 15) is 18.0 Å². The van der Waals surface area contributed by atoms with Crippen LogP contribution < -0.4 is 10.2 Å². The van der Waals surface area contributed by atoms with Gasteiger partial charge >= 0.3 is 0 Å². The number of benzene rings is 1. The third-order valence-electron chi connectivity index (χ3n) is 3.62. The summed E-state index contributed by atoms with van der Waals surface area (Å²) in [5.41, 5.74) is 1.38. The van der Waals surface area contributed by atoms with E-state index in [-0.39, 0.29) is 12.4 Å². The predicted octanol–water partition coefficient (Wildman–Crippen LogP) is 2.13. The van der Waals surface area contributed by atoms with E-state index >= 15 is 0 Å². The smallest absolute Gasteiger partial charge is 0.262 e. The molecule has 1 N–H and O–H groups in total. The number of nitrogens with zero attached hydrogens (tertiary/aromatic N) is 1. The lowest BCUT2D eigenvalue weighted by molar-refractivity contribution is -0.120. The van der Waals surface area contributed by atoms with E-state index in [0.29, 0.717) is 18.7 Å². The maximum absolute atomic E-state index is 13.2. The van der Waals surface area contributed by atoms with Gasteiger partial charge in [0.2, 0.25) is 5.91 Å². The van der Waals surface area contributed by atoms with Gasteiger partial charge in [0.15, 0.2) is 0 Å². The Balaban J connectivity index is 0.00000147. The van der Waals surface area contributed by atoms with Crippen molar-refractivity contribution in [2.75, 3.05) is 18.0 Å². The number of hydrogen-bond donors (Lipinski definition) is 1. The Morgan fingerprint density at radius 3 is 2.80 bits per heavy atom. The van der Waals surface area contributed by atoms with Crippen molar-refractivity contribution in [3.63, 3.8) is 0 Å². The number of alkyl halides is 2. The molecule has 0 saturated carbocycles. The first-order valence-corrected chi connectivity index (χ1v) is 6.17. The van der Waals surface area contributed by atoms with Gasteiger partial charge in [-0.1, -0.05) is 6.07 Å². The first kappa shape index (κ1) is 15.1. The number of nitrogens with one attached hydrogen (secondary N) is 1. The summed E-state index contributed by atoms with van der Waals surface area (Å²) in [5.74, 6) is -3.67. The van der Waals surface area contributed by atoms with Gasteiger partial charge in [0.25, 0.3) is 5.92 Å². The summed E-state index contributed by atoms with van der Waals surface area (Å²) in [6.45, 7) is -0.0609. The lowest BCUT2D eigenvalue weighted by Crippen LogP contribution is -2.43. The van der Waals surface area contributed by atoms with Crippen molar-refractivity contribution in [2.24, 2.45) is 0 Å². The van der Waals surface area contributed by atoms with Crippen LogP contribution in [-0.4, -0.2) is 31.0 Å². The molecule has 1 unspecified atom stereocenters. The highest BCUT2D eigenvalue weighted by atomic mass is 35.5. The van der Waals surface area contributed by atoms with Crippen molar-refractivity contribution in [1.82, 2.24) is 5.32 Å². The number of amides is 1. The first-order valence-electron chi connectivity index (χ1n) is 6.17. The fourth-order valence-corrected chi connectivity index (χ4v) is 2.66. The highest BCUT2D eigenvalue weighted by molar-refractivity contribution is 5.99. The molecular formula is C13H14ClF3N2O. The number of fused-ring (bicyclic) bond motifs is 1. The van der Waals surface area contributed by atoms with Crippen LogP contribution in [0.2, 0.25) is 0 Å². The van der Waals surface area contributed by atoms with Crippen molar-refractivity contribution in [3.8, 4) is 0 Å². The number of carbonyl (C=O) groups is 1. The maximum Gasteiger partial charge on any atom is 0.262 e. The Kier molecular flexibility index (Phi) is 3.97. The largest absolute Gasteiger partial charge is 0.310 e. The van der Waals surface area contributed by atoms with E-state index in [1.807, 2.05) is 0 Å². The van der Waals surface area contributed by atoms with Crippen LogP contribution in [0.15, 0.2) is 18.2 Å². The van der Waals surface area contributed by atoms with Gasteiger partial charge in [0, 0.05) is 18.7 Å². The minimum atomic E-state index is -2.84. The monoisotopic (exact) mass is 306 g/mol. The van der Waals surface area contributed by atoms with Crippen molar-refractivity contribution in [3.05, 3.63) is 29.6 Å². The molecule has 0 aliphatic carbocycles. The summed E-state index contributed by atoms with van der Waals surface area (Å²) in [7, 11) is 0. The van der Waals surface area contributed by atoms with Gasteiger partial charge in [-0.3, -0.25) is 10.1 Å². The van der Waals surface area contributed by atoms with Crippen LogP contribution in [-0.2, 0) is 11.2 Å². The Morgan fingerprint density at radius 1 is 1.40 bits per heavy atom. The van der Waals surface area contributed by atoms with Crippen LogP contribution in [0.1, 0.15) is 12.0 Å². The Labute approximate surface area is 120 Å². The summed E-state index contributed by atoms with van der Waals surface area (Å²) in [6.07, 6.45) is 0.136. The second-order valence-corrected chi connectivity index (χ2v) is 5.01. The average molecular weight is 307 g/mol. The van der Waals surface area contributed by atoms with Gasteiger partial charge in [-0.15, -0.1) is 12.4 Å². The van der Waals surface area contributed by atoms with E-state index in [1.165, 1.54) is 17.0 Å². The van der Waals surface area contributed by atoms with E-state index in [0.717, 1.165) is 5.56 Å². The molecule has 0 spiro atoms. The number of rotatable bonds is 1. The summed E-state index contributed by atoms with van der Waals surface area (Å²) >= 11 is 0. The molecule has 1 aromatic rings. The zero-order valence-corrected chi connectivity index (χ0v) is 11.4. The normalized spacial score (nSPS) is 23.4. The van der Waals surface area contributed by atoms with Crippen molar-refractivity contribution < 1.29 is 18.0 Å². The van der Waals surface area contributed by atoms with Gasteiger partial charge in [0.05, 0.1) is 12.6 Å². The number of anilines is 1. The summed E-state index contributed by atoms with van der Waals surface area (Å²) < 4.78 is 39.4. The van der Waals surface area contributed by atoms with Gasteiger partial charge in [0.1, 0.15) is 5.82 Å². The second kappa shape index (κ2) is 5.26. The van der Waals surface area contributed by atoms with Gasteiger partial charge in [-0.25, -0.2) is 13.2 Å². The first-order chi connectivity index (χ1) is 8.96. The van der Waals surface area contributed by atoms with Crippen LogP contribution in [0.4, 0.5) is 18.9 Å². The highest BCUT2D eigenvalue weighted by Crippen LogP contribution is 2.32. The summed E-state index contributed by atoms with van der Waals surface area (Å²) in [6, 6.07) is 3.38. The van der Waals surface area contributed by atoms with Crippen LogP contribution in [0.3, 0.4) is 0 Å². The SMILES string of the molecule is Cl.O=C(C1CC(F)(F)CN1)N1CCc2ccc(F)cc21. The second-order valence-electron chi connectivity index (χ2n) is 5.01. The molecule has 3 nitrogen and oxygen atoms in total. The molecule has 7 heteroatoms. The number of carbonyl (C=O) groups excluding carboxylic acids is 1. The summed E-state index contributed by atoms with van der Waals surface area (Å²) in [5, 5.41) is 2.53. The molecule has 2 aliphatic heterocycles. The minimum absolute atomic E-state index is 0. The standard InChI is InChI=1S/C13H13F3N2O.ClH/c14-9-2-1-8-3-4-18(11(8)5-9)12(19)10-6-13(15,16)7-17-10;/h1-2,5,10,17H,3-4,6-7H2;1H. The van der Waals surface area contributed by atoms with Gasteiger partial charge < -0.3 is 4.90 Å². The lowest BCUT2D eigenvalue weighted by atomic mass is 10.1. The molecule has 110 valence electrons. The fraction of sp³-hybridized carbons (Fsp3) is 0.462. The predicted molar refractivity (Wildman–Crippen MR) is 71.1 cm³/mol. The van der Waals surface area contributed by atoms with E-state index < -0.39 is 36.7 Å². The molecule has 0 bridgehead atoms. The minimum Gasteiger partial charge on any atom is -0.310 e. The van der Waals surface area contributed by atoms with Crippen LogP contribution in [0.5, 0.6) is 0 Å². The molecule has 1 aromatic carbocycles. The number of halogens is 4. The van der Waals surface area contributed by atoms with Crippen molar-refractivity contribution in [1.29, 1.82) is 0 Å². The maximum atomic E-state index is 13.2. The Morgan fingerprint density at radius 2 is 2.15 bits per heavy atom.